The fraction of sp³-hybridized carbons (Fsp3) is 0.444. The average molecular weight is 234 g/mol. The average Bonchev–Trinajstić information content (AvgIpc) is 2.27. The number of hydrogen-bond acceptors (Lipinski definition) is 5. The van der Waals surface area contributed by atoms with Gasteiger partial charge in [0.25, 0.3) is 0 Å². The monoisotopic (exact) mass is 234 g/mol. The van der Waals surface area contributed by atoms with Crippen LogP contribution in [0.2, 0.25) is 0 Å². The van der Waals surface area contributed by atoms with E-state index >= 15 is 0 Å². The molecule has 0 aliphatic heterocycles. The molecule has 0 bridgehead atoms. The van der Waals surface area contributed by atoms with Gasteiger partial charge in [-0.1, -0.05) is 12.7 Å². The zero-order chi connectivity index (χ0) is 11.5. The molecule has 5 nitrogen and oxygen atoms in total. The van der Waals surface area contributed by atoms with Crippen molar-refractivity contribution in [3.63, 3.8) is 0 Å². The molecule has 0 aromatic carbocycles. The number of unbranched alkanes of at least 4 members (excludes halogenated alkanes) is 1. The maximum absolute atomic E-state index is 10.6. The fourth-order valence-corrected chi connectivity index (χ4v) is 1.19. The van der Waals surface area contributed by atoms with Crippen molar-refractivity contribution in [2.75, 3.05) is 13.7 Å². The molecule has 0 saturated heterocycles. The summed E-state index contributed by atoms with van der Waals surface area (Å²) in [5, 5.41) is 0. The highest BCUT2D eigenvalue weighted by molar-refractivity contribution is 7.41. The number of carbonyl (C=O) groups excluding carboxylic acids is 1. The number of allylic oxidation sites excluding steroid dienone is 1. The lowest BCUT2D eigenvalue weighted by Crippen LogP contribution is -2.01. The van der Waals surface area contributed by atoms with E-state index in [-0.39, 0.29) is 0 Å². The smallest absolute Gasteiger partial charge is 0.313 e. The van der Waals surface area contributed by atoms with Crippen molar-refractivity contribution in [1.82, 2.24) is 0 Å². The molecule has 0 radical (unpaired) electrons. The van der Waals surface area contributed by atoms with Gasteiger partial charge in [-0.25, -0.2) is 4.79 Å². The van der Waals surface area contributed by atoms with Crippen LogP contribution in [-0.2, 0) is 23.4 Å². The van der Waals surface area contributed by atoms with Crippen LogP contribution in [0.1, 0.15) is 12.8 Å². The van der Waals surface area contributed by atoms with Gasteiger partial charge in [-0.2, -0.15) is 0 Å². The summed E-state index contributed by atoms with van der Waals surface area (Å²) in [5.74, 6) is -0.686. The molecule has 0 aromatic heterocycles. The Labute approximate surface area is 90.6 Å². The van der Waals surface area contributed by atoms with Crippen molar-refractivity contribution in [3.05, 3.63) is 25.3 Å². The molecule has 6 heteroatoms. The number of carbonyl (C=O) groups is 1. The lowest BCUT2D eigenvalue weighted by Gasteiger charge is -2.11. The summed E-state index contributed by atoms with van der Waals surface area (Å²) in [4.78, 5) is 14.9. The highest BCUT2D eigenvalue weighted by atomic mass is 31.2. The summed E-state index contributed by atoms with van der Waals surface area (Å²) in [6.07, 6.45) is 4.43. The predicted molar refractivity (Wildman–Crippen MR) is 56.7 cm³/mol. The molecule has 0 fully saturated rings. The quantitative estimate of drug-likeness (QED) is 0.153. The lowest BCUT2D eigenvalue weighted by molar-refractivity contribution is -0.212. The standard InChI is InChI=1S/C9H15O5P/c1-4-6-7-8-12-15(11-3)14-13-9(10)5-2/h4-5H,1-2,6-8H2,3H3. The third-order valence-electron chi connectivity index (χ3n) is 1.25. The van der Waals surface area contributed by atoms with E-state index in [2.05, 4.69) is 22.7 Å². The zero-order valence-corrected chi connectivity index (χ0v) is 9.57. The van der Waals surface area contributed by atoms with Crippen LogP contribution in [0.3, 0.4) is 0 Å². The van der Waals surface area contributed by atoms with Crippen molar-refractivity contribution in [3.8, 4) is 0 Å². The van der Waals surface area contributed by atoms with Crippen molar-refractivity contribution in [1.29, 1.82) is 0 Å². The van der Waals surface area contributed by atoms with Crippen LogP contribution in [0.4, 0.5) is 0 Å². The highest BCUT2D eigenvalue weighted by Gasteiger charge is 2.13. The first-order chi connectivity index (χ1) is 7.24. The Bertz CT molecular complexity index is 207. The Hall–Kier alpha value is -0.740. The van der Waals surface area contributed by atoms with E-state index < -0.39 is 14.6 Å². The third-order valence-corrected chi connectivity index (χ3v) is 2.13. The first kappa shape index (κ1) is 14.3. The second kappa shape index (κ2) is 9.80. The van der Waals surface area contributed by atoms with E-state index in [0.717, 1.165) is 18.9 Å². The normalized spacial score (nSPS) is 11.8. The molecule has 15 heavy (non-hydrogen) atoms. The second-order valence-electron chi connectivity index (χ2n) is 2.35. The molecule has 0 rings (SSSR count). The molecule has 0 N–H and O–H groups in total. The van der Waals surface area contributed by atoms with Crippen molar-refractivity contribution >= 4 is 14.6 Å². The van der Waals surface area contributed by atoms with Gasteiger partial charge in [0.1, 0.15) is 0 Å². The molecule has 0 heterocycles. The van der Waals surface area contributed by atoms with E-state index in [9.17, 15) is 4.79 Å². The summed E-state index contributed by atoms with van der Waals surface area (Å²) in [6.45, 7) is 7.24. The van der Waals surface area contributed by atoms with Gasteiger partial charge in [0.15, 0.2) is 0 Å². The van der Waals surface area contributed by atoms with Crippen LogP contribution < -0.4 is 0 Å². The van der Waals surface area contributed by atoms with E-state index in [1.165, 1.54) is 7.11 Å². The summed E-state index contributed by atoms with van der Waals surface area (Å²) in [6, 6.07) is 0. The maximum Gasteiger partial charge on any atom is 0.375 e. The minimum Gasteiger partial charge on any atom is -0.313 e. The molecule has 0 spiro atoms. The van der Waals surface area contributed by atoms with E-state index in [4.69, 9.17) is 9.05 Å². The van der Waals surface area contributed by atoms with Gasteiger partial charge in [-0.05, 0) is 12.8 Å². The lowest BCUT2D eigenvalue weighted by atomic mass is 10.3. The molecule has 0 amide bonds. The van der Waals surface area contributed by atoms with E-state index in [0.29, 0.717) is 6.61 Å². The van der Waals surface area contributed by atoms with Crippen LogP contribution in [-0.4, -0.2) is 19.7 Å². The largest absolute Gasteiger partial charge is 0.375 e. The summed E-state index contributed by atoms with van der Waals surface area (Å²) < 4.78 is 14.6. The first-order valence-corrected chi connectivity index (χ1v) is 5.43. The molecule has 0 aliphatic rings. The SMILES string of the molecule is C=CCCCOP(OC)OOC(=O)C=C. The summed E-state index contributed by atoms with van der Waals surface area (Å²) >= 11 is 0. The first-order valence-electron chi connectivity index (χ1n) is 4.33. The Morgan fingerprint density at radius 1 is 1.47 bits per heavy atom. The summed E-state index contributed by atoms with van der Waals surface area (Å²) in [7, 11) is -0.235. The Morgan fingerprint density at radius 3 is 2.73 bits per heavy atom. The predicted octanol–water partition coefficient (Wildman–Crippen LogP) is 2.50. The van der Waals surface area contributed by atoms with Gasteiger partial charge in [0.2, 0.25) is 0 Å². The molecule has 86 valence electrons. The van der Waals surface area contributed by atoms with Gasteiger partial charge in [0, 0.05) is 13.2 Å². The topological polar surface area (TPSA) is 54.0 Å². The maximum atomic E-state index is 10.6. The highest BCUT2D eigenvalue weighted by Crippen LogP contribution is 2.38. The van der Waals surface area contributed by atoms with Gasteiger partial charge >= 0.3 is 14.6 Å². The van der Waals surface area contributed by atoms with Crippen molar-refractivity contribution in [2.24, 2.45) is 0 Å². The van der Waals surface area contributed by atoms with Crippen LogP contribution in [0.5, 0.6) is 0 Å². The minimum atomic E-state index is -1.64. The molecule has 0 aromatic rings. The third kappa shape index (κ3) is 8.27. The molecular formula is C9H15O5P. The van der Waals surface area contributed by atoms with E-state index in [1.54, 1.807) is 6.08 Å². The van der Waals surface area contributed by atoms with Crippen molar-refractivity contribution in [2.45, 2.75) is 12.8 Å². The molecule has 0 aliphatic carbocycles. The molecule has 0 saturated carbocycles. The van der Waals surface area contributed by atoms with Gasteiger partial charge in [0.05, 0.1) is 6.61 Å². The molecule has 1 unspecified atom stereocenters. The Balaban J connectivity index is 3.58. The van der Waals surface area contributed by atoms with Crippen molar-refractivity contribution < 1.29 is 23.4 Å². The second-order valence-corrected chi connectivity index (χ2v) is 3.57. The molecular weight excluding hydrogens is 219 g/mol. The summed E-state index contributed by atoms with van der Waals surface area (Å²) in [5.41, 5.74) is 0. The van der Waals surface area contributed by atoms with Crippen LogP contribution in [0.15, 0.2) is 25.3 Å². The zero-order valence-electron chi connectivity index (χ0n) is 8.68. The minimum absolute atomic E-state index is 0.456. The van der Waals surface area contributed by atoms with Crippen LogP contribution in [0, 0.1) is 0 Å². The number of rotatable bonds is 9. The van der Waals surface area contributed by atoms with E-state index in [1.807, 2.05) is 0 Å². The Morgan fingerprint density at radius 2 is 2.20 bits per heavy atom. The van der Waals surface area contributed by atoms with Gasteiger partial charge in [-0.15, -0.1) is 11.3 Å². The molecule has 1 atom stereocenters. The Kier molecular flexibility index (Phi) is 9.32. The van der Waals surface area contributed by atoms with Crippen LogP contribution >= 0.6 is 8.60 Å². The van der Waals surface area contributed by atoms with Crippen LogP contribution in [0.25, 0.3) is 0 Å². The van der Waals surface area contributed by atoms with Gasteiger partial charge < -0.3 is 9.05 Å². The van der Waals surface area contributed by atoms with Gasteiger partial charge in [-0.3, -0.25) is 4.89 Å². The number of hydrogen-bond donors (Lipinski definition) is 0. The fourth-order valence-electron chi connectivity index (χ4n) is 0.573.